The van der Waals surface area contributed by atoms with E-state index in [1.807, 2.05) is 31.2 Å². The molecule has 0 aliphatic rings. The Morgan fingerprint density at radius 1 is 1.18 bits per heavy atom. The van der Waals surface area contributed by atoms with Crippen LogP contribution in [0.1, 0.15) is 21.7 Å². The molecule has 1 heterocycles. The molecule has 0 fully saturated rings. The normalized spacial score (nSPS) is 10.2. The lowest BCUT2D eigenvalue weighted by atomic mass is 10.1. The Kier molecular flexibility index (Phi) is 3.83. The molecule has 0 saturated carbocycles. The molecular formula is C13H11IN2O. The van der Waals surface area contributed by atoms with E-state index in [2.05, 4.69) is 32.6 Å². The number of halogens is 1. The van der Waals surface area contributed by atoms with Gasteiger partial charge in [0.2, 0.25) is 0 Å². The molecule has 0 saturated heterocycles. The fourth-order valence-corrected chi connectivity index (χ4v) is 1.77. The first-order valence-corrected chi connectivity index (χ1v) is 6.29. The van der Waals surface area contributed by atoms with Gasteiger partial charge in [-0.05, 0) is 47.2 Å². The second-order valence-electron chi connectivity index (χ2n) is 3.77. The molecule has 0 spiro atoms. The lowest BCUT2D eigenvalue weighted by Crippen LogP contribution is -2.06. The van der Waals surface area contributed by atoms with Gasteiger partial charge in [0, 0.05) is 16.2 Å². The maximum absolute atomic E-state index is 11.9. The number of rotatable bonds is 3. The molecule has 2 rings (SSSR count). The van der Waals surface area contributed by atoms with Crippen molar-refractivity contribution in [1.29, 1.82) is 0 Å². The van der Waals surface area contributed by atoms with Gasteiger partial charge in [-0.3, -0.25) is 9.78 Å². The number of carbonyl (C=O) groups is 1. The summed E-state index contributed by atoms with van der Waals surface area (Å²) in [5, 5.41) is 0. The average Bonchev–Trinajstić information content (AvgIpc) is 2.33. The van der Waals surface area contributed by atoms with Crippen molar-refractivity contribution < 1.29 is 4.79 Å². The molecule has 0 N–H and O–H groups in total. The molecule has 86 valence electrons. The number of ketones is 1. The molecule has 0 aliphatic heterocycles. The molecule has 1 aromatic heterocycles. The summed E-state index contributed by atoms with van der Waals surface area (Å²) in [6, 6.07) is 7.90. The monoisotopic (exact) mass is 338 g/mol. The lowest BCUT2D eigenvalue weighted by molar-refractivity contribution is 0.0988. The van der Waals surface area contributed by atoms with Crippen molar-refractivity contribution in [1.82, 2.24) is 9.97 Å². The van der Waals surface area contributed by atoms with E-state index in [-0.39, 0.29) is 5.78 Å². The number of benzene rings is 1. The number of Topliss-reactive ketones (excluding diaryl/α,β-unsaturated/α-hetero) is 1. The van der Waals surface area contributed by atoms with Crippen molar-refractivity contribution in [3.8, 4) is 0 Å². The van der Waals surface area contributed by atoms with Gasteiger partial charge in [0.25, 0.3) is 0 Å². The van der Waals surface area contributed by atoms with Gasteiger partial charge in [0.05, 0.1) is 11.9 Å². The van der Waals surface area contributed by atoms with Crippen LogP contribution in [0.25, 0.3) is 0 Å². The Bertz CT molecular complexity index is 520. The largest absolute Gasteiger partial charge is 0.292 e. The molecule has 3 nitrogen and oxygen atoms in total. The van der Waals surface area contributed by atoms with Crippen molar-refractivity contribution >= 4 is 28.4 Å². The van der Waals surface area contributed by atoms with Gasteiger partial charge >= 0.3 is 0 Å². The summed E-state index contributed by atoms with van der Waals surface area (Å²) in [6.45, 7) is 1.85. The molecule has 0 atom stereocenters. The van der Waals surface area contributed by atoms with E-state index >= 15 is 0 Å². The van der Waals surface area contributed by atoms with E-state index in [1.54, 1.807) is 6.20 Å². The number of nitrogens with zero attached hydrogens (tertiary/aromatic N) is 2. The van der Waals surface area contributed by atoms with E-state index in [4.69, 9.17) is 0 Å². The van der Waals surface area contributed by atoms with Gasteiger partial charge in [-0.15, -0.1) is 0 Å². The van der Waals surface area contributed by atoms with Gasteiger partial charge in [-0.1, -0.05) is 12.1 Å². The van der Waals surface area contributed by atoms with E-state index in [0.29, 0.717) is 12.1 Å². The summed E-state index contributed by atoms with van der Waals surface area (Å²) >= 11 is 2.24. The van der Waals surface area contributed by atoms with Crippen LogP contribution in [0.2, 0.25) is 0 Å². The summed E-state index contributed by atoms with van der Waals surface area (Å²) in [5.41, 5.74) is 2.24. The molecule has 2 aromatic rings. The summed E-state index contributed by atoms with van der Waals surface area (Å²) in [7, 11) is 0. The molecular weight excluding hydrogens is 327 g/mol. The Hall–Kier alpha value is -1.30. The van der Waals surface area contributed by atoms with Crippen LogP contribution in [0.3, 0.4) is 0 Å². The maximum Gasteiger partial charge on any atom is 0.187 e. The Balaban J connectivity index is 2.11. The first-order chi connectivity index (χ1) is 8.15. The van der Waals surface area contributed by atoms with E-state index < -0.39 is 0 Å². The first kappa shape index (κ1) is 12.2. The zero-order valence-corrected chi connectivity index (χ0v) is 11.5. The van der Waals surface area contributed by atoms with Crippen LogP contribution in [0.15, 0.2) is 36.7 Å². The third kappa shape index (κ3) is 3.33. The SMILES string of the molecule is Cc1cnc(C(=O)Cc2ccc(I)cc2)cn1. The summed E-state index contributed by atoms with van der Waals surface area (Å²) < 4.78 is 1.16. The number of aryl methyl sites for hydroxylation is 1. The Morgan fingerprint density at radius 2 is 1.88 bits per heavy atom. The van der Waals surface area contributed by atoms with E-state index in [1.165, 1.54) is 6.20 Å². The molecule has 0 unspecified atom stereocenters. The molecule has 17 heavy (non-hydrogen) atoms. The maximum atomic E-state index is 11.9. The summed E-state index contributed by atoms with van der Waals surface area (Å²) in [6.07, 6.45) is 3.51. The van der Waals surface area contributed by atoms with E-state index in [0.717, 1.165) is 14.8 Å². The summed E-state index contributed by atoms with van der Waals surface area (Å²) in [4.78, 5) is 20.1. The molecule has 0 amide bonds. The van der Waals surface area contributed by atoms with Crippen molar-refractivity contribution in [3.05, 3.63) is 57.2 Å². The standard InChI is InChI=1S/C13H11IN2O/c1-9-7-16-12(8-15-9)13(17)6-10-2-4-11(14)5-3-10/h2-5,7-8H,6H2,1H3. The minimum absolute atomic E-state index is 0.00120. The van der Waals surface area contributed by atoms with Crippen LogP contribution in [0.5, 0.6) is 0 Å². The van der Waals surface area contributed by atoms with Gasteiger partial charge in [-0.25, -0.2) is 4.98 Å². The number of hydrogen-bond acceptors (Lipinski definition) is 3. The van der Waals surface area contributed by atoms with Crippen LogP contribution in [-0.2, 0) is 6.42 Å². The molecule has 1 aromatic carbocycles. The van der Waals surface area contributed by atoms with Gasteiger partial charge in [0.1, 0.15) is 5.69 Å². The second kappa shape index (κ2) is 5.35. The lowest BCUT2D eigenvalue weighted by Gasteiger charge is -2.01. The number of aromatic nitrogens is 2. The van der Waals surface area contributed by atoms with Gasteiger partial charge in [-0.2, -0.15) is 0 Å². The van der Waals surface area contributed by atoms with Crippen molar-refractivity contribution in [3.63, 3.8) is 0 Å². The number of carbonyl (C=O) groups excluding carboxylic acids is 1. The zero-order valence-electron chi connectivity index (χ0n) is 9.35. The smallest absolute Gasteiger partial charge is 0.187 e. The van der Waals surface area contributed by atoms with Gasteiger partial charge in [0.15, 0.2) is 5.78 Å². The highest BCUT2D eigenvalue weighted by Crippen LogP contribution is 2.09. The third-order valence-corrected chi connectivity index (χ3v) is 3.06. The molecule has 0 bridgehead atoms. The molecule has 0 aliphatic carbocycles. The van der Waals surface area contributed by atoms with Crippen molar-refractivity contribution in [2.24, 2.45) is 0 Å². The van der Waals surface area contributed by atoms with Gasteiger partial charge < -0.3 is 0 Å². The molecule has 4 heteroatoms. The quantitative estimate of drug-likeness (QED) is 0.639. The molecule has 0 radical (unpaired) electrons. The Labute approximate surface area is 113 Å². The van der Waals surface area contributed by atoms with Crippen LogP contribution in [0.4, 0.5) is 0 Å². The Morgan fingerprint density at radius 3 is 2.47 bits per heavy atom. The fraction of sp³-hybridized carbons (Fsp3) is 0.154. The van der Waals surface area contributed by atoms with Crippen molar-refractivity contribution in [2.45, 2.75) is 13.3 Å². The fourth-order valence-electron chi connectivity index (χ4n) is 1.41. The van der Waals surface area contributed by atoms with E-state index in [9.17, 15) is 4.79 Å². The average molecular weight is 338 g/mol. The minimum atomic E-state index is -0.00120. The van der Waals surface area contributed by atoms with Crippen LogP contribution in [0, 0.1) is 10.5 Å². The minimum Gasteiger partial charge on any atom is -0.292 e. The predicted molar refractivity (Wildman–Crippen MR) is 74.0 cm³/mol. The second-order valence-corrected chi connectivity index (χ2v) is 5.02. The third-order valence-electron chi connectivity index (χ3n) is 2.34. The highest BCUT2D eigenvalue weighted by atomic mass is 127. The first-order valence-electron chi connectivity index (χ1n) is 5.21. The topological polar surface area (TPSA) is 42.9 Å². The number of hydrogen-bond donors (Lipinski definition) is 0. The predicted octanol–water partition coefficient (Wildman–Crippen LogP) is 2.82. The highest BCUT2D eigenvalue weighted by molar-refractivity contribution is 14.1. The highest BCUT2D eigenvalue weighted by Gasteiger charge is 2.08. The zero-order chi connectivity index (χ0) is 12.3. The van der Waals surface area contributed by atoms with Crippen molar-refractivity contribution in [2.75, 3.05) is 0 Å². The van der Waals surface area contributed by atoms with Crippen LogP contribution in [-0.4, -0.2) is 15.8 Å². The van der Waals surface area contributed by atoms with Crippen LogP contribution < -0.4 is 0 Å². The summed E-state index contributed by atoms with van der Waals surface area (Å²) in [5.74, 6) is -0.00120. The van der Waals surface area contributed by atoms with Crippen LogP contribution >= 0.6 is 22.6 Å².